The molecule has 0 unspecified atom stereocenters. The van der Waals surface area contributed by atoms with E-state index in [2.05, 4.69) is 0 Å². The van der Waals surface area contributed by atoms with Crippen LogP contribution in [0.5, 0.6) is 0 Å². The molecule has 1 fully saturated rings. The van der Waals surface area contributed by atoms with Crippen LogP contribution in [-0.4, -0.2) is 62.4 Å². The highest BCUT2D eigenvalue weighted by molar-refractivity contribution is 7.91. The number of carboxylic acid groups (broad SMARTS) is 1. The highest BCUT2D eigenvalue weighted by atomic mass is 32.2. The maximum atomic E-state index is 12.3. The lowest BCUT2D eigenvalue weighted by molar-refractivity contribution is -0.132. The van der Waals surface area contributed by atoms with Gasteiger partial charge in [-0.1, -0.05) is 24.3 Å². The predicted molar refractivity (Wildman–Crippen MR) is 88.0 cm³/mol. The molecule has 0 radical (unpaired) electrons. The number of hydrogen-bond acceptors (Lipinski definition) is 5. The zero-order chi connectivity index (χ0) is 17.6. The Hall–Kier alpha value is -2.19. The van der Waals surface area contributed by atoms with Crippen LogP contribution in [0, 0.1) is 0 Å². The molecule has 1 aliphatic heterocycles. The first-order valence-electron chi connectivity index (χ1n) is 7.42. The summed E-state index contributed by atoms with van der Waals surface area (Å²) in [5.74, 6) is -2.43. The SMILES string of the molecule is O=C(O)/C=C/c1ccccc1CS(=O)(=O)CC(=O)N1CCOCC1. The number of ether oxygens (including phenoxy) is 1. The lowest BCUT2D eigenvalue weighted by atomic mass is 10.1. The Morgan fingerprint density at radius 3 is 2.54 bits per heavy atom. The van der Waals surface area contributed by atoms with Crippen molar-refractivity contribution in [2.45, 2.75) is 5.75 Å². The van der Waals surface area contributed by atoms with Gasteiger partial charge in [-0.05, 0) is 17.2 Å². The molecule has 8 heteroatoms. The molecule has 0 saturated carbocycles. The first-order valence-corrected chi connectivity index (χ1v) is 9.24. The van der Waals surface area contributed by atoms with Crippen molar-refractivity contribution in [2.75, 3.05) is 32.1 Å². The second-order valence-electron chi connectivity index (χ2n) is 5.40. The monoisotopic (exact) mass is 353 g/mol. The maximum Gasteiger partial charge on any atom is 0.328 e. The summed E-state index contributed by atoms with van der Waals surface area (Å²) in [5, 5.41) is 8.70. The van der Waals surface area contributed by atoms with Gasteiger partial charge in [0.05, 0.1) is 19.0 Å². The minimum atomic E-state index is -3.66. The highest BCUT2D eigenvalue weighted by Gasteiger charge is 2.24. The zero-order valence-electron chi connectivity index (χ0n) is 13.1. The van der Waals surface area contributed by atoms with Crippen LogP contribution < -0.4 is 0 Å². The molecule has 1 amide bonds. The second-order valence-corrected chi connectivity index (χ2v) is 7.46. The average molecular weight is 353 g/mol. The topological polar surface area (TPSA) is 101 Å². The van der Waals surface area contributed by atoms with Gasteiger partial charge in [-0.15, -0.1) is 0 Å². The van der Waals surface area contributed by atoms with Gasteiger partial charge in [-0.3, -0.25) is 4.79 Å². The third-order valence-corrected chi connectivity index (χ3v) is 4.98. The molecule has 1 aromatic rings. The number of aliphatic carboxylic acids is 1. The highest BCUT2D eigenvalue weighted by Crippen LogP contribution is 2.15. The van der Waals surface area contributed by atoms with Crippen LogP contribution in [0.15, 0.2) is 30.3 Å². The molecule has 130 valence electrons. The van der Waals surface area contributed by atoms with E-state index in [1.54, 1.807) is 24.3 Å². The van der Waals surface area contributed by atoms with E-state index in [-0.39, 0.29) is 5.75 Å². The van der Waals surface area contributed by atoms with E-state index in [9.17, 15) is 18.0 Å². The van der Waals surface area contributed by atoms with Crippen molar-refractivity contribution < 1.29 is 27.9 Å². The Morgan fingerprint density at radius 1 is 1.21 bits per heavy atom. The minimum absolute atomic E-state index is 0.316. The van der Waals surface area contributed by atoms with Gasteiger partial charge in [-0.25, -0.2) is 13.2 Å². The fourth-order valence-electron chi connectivity index (χ4n) is 2.37. The number of benzene rings is 1. The molecule has 0 aromatic heterocycles. The molecule has 2 rings (SSSR count). The maximum absolute atomic E-state index is 12.3. The van der Waals surface area contributed by atoms with Crippen molar-refractivity contribution in [3.63, 3.8) is 0 Å². The summed E-state index contributed by atoms with van der Waals surface area (Å²) in [6, 6.07) is 6.61. The quantitative estimate of drug-likeness (QED) is 0.750. The number of nitrogens with zero attached hydrogens (tertiary/aromatic N) is 1. The normalized spacial score (nSPS) is 15.6. The summed E-state index contributed by atoms with van der Waals surface area (Å²) in [6.07, 6.45) is 2.29. The average Bonchev–Trinajstić information content (AvgIpc) is 2.54. The Bertz CT molecular complexity index is 735. The third kappa shape index (κ3) is 5.47. The van der Waals surface area contributed by atoms with Crippen LogP contribution >= 0.6 is 0 Å². The van der Waals surface area contributed by atoms with E-state index >= 15 is 0 Å². The van der Waals surface area contributed by atoms with Gasteiger partial charge in [0.25, 0.3) is 0 Å². The van der Waals surface area contributed by atoms with Gasteiger partial charge in [-0.2, -0.15) is 0 Å². The molecule has 1 saturated heterocycles. The number of carbonyl (C=O) groups is 2. The molecule has 0 bridgehead atoms. The summed E-state index contributed by atoms with van der Waals surface area (Å²) in [6.45, 7) is 1.61. The van der Waals surface area contributed by atoms with E-state index in [0.29, 0.717) is 37.4 Å². The van der Waals surface area contributed by atoms with Gasteiger partial charge >= 0.3 is 5.97 Å². The molecule has 1 aliphatic rings. The van der Waals surface area contributed by atoms with Crippen LogP contribution in [-0.2, 0) is 29.9 Å². The Kier molecular flexibility index (Phi) is 6.10. The van der Waals surface area contributed by atoms with Gasteiger partial charge in [0.1, 0.15) is 5.75 Å². The van der Waals surface area contributed by atoms with Crippen molar-refractivity contribution in [2.24, 2.45) is 0 Å². The molecular formula is C16H19NO6S. The third-order valence-electron chi connectivity index (χ3n) is 3.54. The second kappa shape index (κ2) is 8.07. The lowest BCUT2D eigenvalue weighted by Crippen LogP contribution is -2.43. The van der Waals surface area contributed by atoms with E-state index in [1.807, 2.05) is 0 Å². The van der Waals surface area contributed by atoms with Gasteiger partial charge in [0, 0.05) is 19.2 Å². The van der Waals surface area contributed by atoms with Crippen LogP contribution in [0.2, 0.25) is 0 Å². The fraction of sp³-hybridized carbons (Fsp3) is 0.375. The summed E-state index contributed by atoms with van der Waals surface area (Å²) in [4.78, 5) is 24.2. The summed E-state index contributed by atoms with van der Waals surface area (Å²) >= 11 is 0. The molecule has 0 spiro atoms. The molecule has 1 N–H and O–H groups in total. The molecule has 0 atom stereocenters. The number of hydrogen-bond donors (Lipinski definition) is 1. The van der Waals surface area contributed by atoms with Gasteiger partial charge in [0.2, 0.25) is 5.91 Å². The van der Waals surface area contributed by atoms with Crippen molar-refractivity contribution in [1.82, 2.24) is 4.90 Å². The molecule has 7 nitrogen and oxygen atoms in total. The lowest BCUT2D eigenvalue weighted by Gasteiger charge is -2.26. The Labute approximate surface area is 140 Å². The molecular weight excluding hydrogens is 334 g/mol. The molecule has 1 heterocycles. The summed E-state index contributed by atoms with van der Waals surface area (Å²) in [7, 11) is -3.66. The Balaban J connectivity index is 2.08. The van der Waals surface area contributed by atoms with Crippen LogP contribution in [0.1, 0.15) is 11.1 Å². The number of amides is 1. The summed E-state index contributed by atoms with van der Waals surface area (Å²) in [5.41, 5.74) is 0.965. The Morgan fingerprint density at radius 2 is 1.88 bits per heavy atom. The molecule has 1 aromatic carbocycles. The van der Waals surface area contributed by atoms with Crippen molar-refractivity contribution in [3.05, 3.63) is 41.5 Å². The largest absolute Gasteiger partial charge is 0.478 e. The standard InChI is InChI=1S/C16H19NO6S/c18-15(17-7-9-23-10-8-17)12-24(21,22)11-14-4-2-1-3-13(14)5-6-16(19)20/h1-6H,7-12H2,(H,19,20)/b6-5+. The first-order chi connectivity index (χ1) is 11.4. The van der Waals surface area contributed by atoms with E-state index in [1.165, 1.54) is 11.0 Å². The van der Waals surface area contributed by atoms with E-state index in [0.717, 1.165) is 6.08 Å². The number of carbonyl (C=O) groups excluding carboxylic acids is 1. The smallest absolute Gasteiger partial charge is 0.328 e. The van der Waals surface area contributed by atoms with Crippen LogP contribution in [0.25, 0.3) is 6.08 Å². The molecule has 24 heavy (non-hydrogen) atoms. The van der Waals surface area contributed by atoms with Crippen molar-refractivity contribution in [3.8, 4) is 0 Å². The summed E-state index contributed by atoms with van der Waals surface area (Å²) < 4.78 is 29.8. The van der Waals surface area contributed by atoms with Crippen molar-refractivity contribution >= 4 is 27.8 Å². The van der Waals surface area contributed by atoms with Crippen LogP contribution in [0.4, 0.5) is 0 Å². The number of rotatable bonds is 6. The predicted octanol–water partition coefficient (Wildman–Crippen LogP) is 0.558. The minimum Gasteiger partial charge on any atom is -0.478 e. The fourth-order valence-corrected chi connectivity index (χ4v) is 3.77. The van der Waals surface area contributed by atoms with Gasteiger partial charge < -0.3 is 14.7 Å². The zero-order valence-corrected chi connectivity index (χ0v) is 13.9. The van der Waals surface area contributed by atoms with Gasteiger partial charge in [0.15, 0.2) is 9.84 Å². The number of morpholine rings is 1. The van der Waals surface area contributed by atoms with E-state index in [4.69, 9.17) is 9.84 Å². The van der Waals surface area contributed by atoms with Crippen LogP contribution in [0.3, 0.4) is 0 Å². The molecule has 0 aliphatic carbocycles. The van der Waals surface area contributed by atoms with Crippen molar-refractivity contribution in [1.29, 1.82) is 0 Å². The number of carboxylic acids is 1. The first kappa shape index (κ1) is 18.2. The van der Waals surface area contributed by atoms with E-state index < -0.39 is 27.5 Å². The number of sulfone groups is 1.